The molecule has 0 aromatic carbocycles. The molecule has 6 nitrogen and oxygen atoms in total. The zero-order valence-electron chi connectivity index (χ0n) is 11.7. The van der Waals surface area contributed by atoms with Crippen LogP contribution in [-0.2, 0) is 4.79 Å². The van der Waals surface area contributed by atoms with Crippen molar-refractivity contribution in [1.82, 2.24) is 15.2 Å². The summed E-state index contributed by atoms with van der Waals surface area (Å²) in [5.41, 5.74) is 0.498. The minimum atomic E-state index is -0.413. The molecule has 1 saturated carbocycles. The smallest absolute Gasteiger partial charge is 0.280 e. The third kappa shape index (κ3) is 2.66. The van der Waals surface area contributed by atoms with Crippen molar-refractivity contribution in [3.05, 3.63) is 29.6 Å². The van der Waals surface area contributed by atoms with Crippen LogP contribution in [0.4, 0.5) is 0 Å². The predicted octanol–water partition coefficient (Wildman–Crippen LogP) is 1.13. The molecule has 6 heteroatoms. The Hall–Kier alpha value is -2.24. The Morgan fingerprint density at radius 1 is 1.29 bits per heavy atom. The molecule has 3 rings (SSSR count). The first kappa shape index (κ1) is 13.7. The maximum atomic E-state index is 12.1. The summed E-state index contributed by atoms with van der Waals surface area (Å²) in [7, 11) is 0. The van der Waals surface area contributed by atoms with Crippen LogP contribution in [0.3, 0.4) is 0 Å². The topological polar surface area (TPSA) is 79.4 Å². The van der Waals surface area contributed by atoms with Gasteiger partial charge in [-0.1, -0.05) is 12.8 Å². The van der Waals surface area contributed by atoms with Gasteiger partial charge in [0, 0.05) is 25.2 Å². The van der Waals surface area contributed by atoms with E-state index in [0.29, 0.717) is 5.56 Å². The second-order valence-electron chi connectivity index (χ2n) is 5.46. The molecule has 21 heavy (non-hydrogen) atoms. The highest BCUT2D eigenvalue weighted by Gasteiger charge is 2.36. The van der Waals surface area contributed by atoms with Gasteiger partial charge in [0.2, 0.25) is 5.91 Å². The fourth-order valence-corrected chi connectivity index (χ4v) is 2.90. The standard InChI is InChI=1S/C15H17N3O3/c19-12(17-10-4-1-2-5-10)7-9-18-14(20)11-6-3-8-16-13(11)15(18)21/h3,6,8,10H,1-2,4-5,7,9H2,(H,17,19). The van der Waals surface area contributed by atoms with Gasteiger partial charge in [0.15, 0.2) is 0 Å². The van der Waals surface area contributed by atoms with Gasteiger partial charge in [-0.15, -0.1) is 0 Å². The number of nitrogens with one attached hydrogen (secondary N) is 1. The Morgan fingerprint density at radius 2 is 2.05 bits per heavy atom. The molecule has 1 aliphatic carbocycles. The van der Waals surface area contributed by atoms with E-state index in [1.165, 1.54) is 6.20 Å². The summed E-state index contributed by atoms with van der Waals surface area (Å²) >= 11 is 0. The number of hydrogen-bond donors (Lipinski definition) is 1. The van der Waals surface area contributed by atoms with Crippen LogP contribution in [0.25, 0.3) is 0 Å². The summed E-state index contributed by atoms with van der Waals surface area (Å²) in [4.78, 5) is 41.1. The van der Waals surface area contributed by atoms with Crippen LogP contribution in [-0.4, -0.2) is 40.2 Å². The molecule has 2 aliphatic rings. The van der Waals surface area contributed by atoms with Gasteiger partial charge in [-0.2, -0.15) is 0 Å². The van der Waals surface area contributed by atoms with Crippen molar-refractivity contribution >= 4 is 17.7 Å². The molecule has 1 aromatic heterocycles. The largest absolute Gasteiger partial charge is 0.353 e. The van der Waals surface area contributed by atoms with Gasteiger partial charge in [-0.25, -0.2) is 0 Å². The summed E-state index contributed by atoms with van der Waals surface area (Å²) in [5, 5.41) is 2.95. The van der Waals surface area contributed by atoms with Crippen LogP contribution in [0, 0.1) is 0 Å². The molecule has 1 aromatic rings. The Bertz CT molecular complexity index is 559. The fourth-order valence-electron chi connectivity index (χ4n) is 2.90. The van der Waals surface area contributed by atoms with Gasteiger partial charge >= 0.3 is 0 Å². The maximum Gasteiger partial charge on any atom is 0.280 e. The lowest BCUT2D eigenvalue weighted by Gasteiger charge is -2.15. The van der Waals surface area contributed by atoms with Gasteiger partial charge in [0.05, 0.1) is 5.56 Å². The van der Waals surface area contributed by atoms with Crippen LogP contribution in [0.5, 0.6) is 0 Å². The third-order valence-electron chi connectivity index (χ3n) is 4.01. The first-order valence-corrected chi connectivity index (χ1v) is 7.27. The van der Waals surface area contributed by atoms with Crippen molar-refractivity contribution in [1.29, 1.82) is 0 Å². The van der Waals surface area contributed by atoms with Gasteiger partial charge in [0.25, 0.3) is 11.8 Å². The van der Waals surface area contributed by atoms with E-state index in [1.54, 1.807) is 12.1 Å². The lowest BCUT2D eigenvalue weighted by atomic mass is 10.2. The minimum Gasteiger partial charge on any atom is -0.353 e. The first-order valence-electron chi connectivity index (χ1n) is 7.27. The second-order valence-corrected chi connectivity index (χ2v) is 5.46. The monoisotopic (exact) mass is 287 g/mol. The van der Waals surface area contributed by atoms with E-state index >= 15 is 0 Å². The Labute approximate surface area is 122 Å². The SMILES string of the molecule is O=C(CCN1C(=O)c2cccnc2C1=O)NC1CCCC1. The number of carbonyl (C=O) groups excluding carboxylic acids is 3. The molecule has 0 bridgehead atoms. The molecular weight excluding hydrogens is 270 g/mol. The van der Waals surface area contributed by atoms with E-state index in [2.05, 4.69) is 10.3 Å². The predicted molar refractivity (Wildman–Crippen MR) is 74.6 cm³/mol. The molecule has 0 saturated heterocycles. The van der Waals surface area contributed by atoms with E-state index in [-0.39, 0.29) is 36.5 Å². The van der Waals surface area contributed by atoms with Gasteiger partial charge in [-0.3, -0.25) is 24.3 Å². The molecule has 0 spiro atoms. The normalized spacial score (nSPS) is 18.2. The molecule has 1 fully saturated rings. The summed E-state index contributed by atoms with van der Waals surface area (Å²) in [6, 6.07) is 3.46. The van der Waals surface area contributed by atoms with E-state index in [0.717, 1.165) is 30.6 Å². The van der Waals surface area contributed by atoms with Crippen molar-refractivity contribution in [2.45, 2.75) is 38.1 Å². The van der Waals surface area contributed by atoms with Gasteiger partial charge < -0.3 is 5.32 Å². The molecule has 1 aliphatic heterocycles. The molecule has 0 radical (unpaired) electrons. The number of imide groups is 1. The van der Waals surface area contributed by atoms with Crippen molar-refractivity contribution < 1.29 is 14.4 Å². The zero-order chi connectivity index (χ0) is 14.8. The number of rotatable bonds is 4. The second kappa shape index (κ2) is 5.63. The van der Waals surface area contributed by atoms with Crippen LogP contribution >= 0.6 is 0 Å². The first-order chi connectivity index (χ1) is 10.2. The van der Waals surface area contributed by atoms with E-state index in [4.69, 9.17) is 0 Å². The number of hydrogen-bond acceptors (Lipinski definition) is 4. The van der Waals surface area contributed by atoms with Crippen LogP contribution in [0.2, 0.25) is 0 Å². The summed E-state index contributed by atoms with van der Waals surface area (Å²) in [6.07, 6.45) is 5.96. The molecule has 2 heterocycles. The highest BCUT2D eigenvalue weighted by Crippen LogP contribution is 2.21. The molecule has 1 N–H and O–H groups in total. The zero-order valence-corrected chi connectivity index (χ0v) is 11.7. The Kier molecular flexibility index (Phi) is 3.68. The lowest BCUT2D eigenvalue weighted by molar-refractivity contribution is -0.121. The number of fused-ring (bicyclic) bond motifs is 1. The fraction of sp³-hybridized carbons (Fsp3) is 0.467. The third-order valence-corrected chi connectivity index (χ3v) is 4.01. The van der Waals surface area contributed by atoms with Crippen molar-refractivity contribution in [3.8, 4) is 0 Å². The Balaban J connectivity index is 1.58. The summed E-state index contributed by atoms with van der Waals surface area (Å²) in [5.74, 6) is -0.882. The van der Waals surface area contributed by atoms with Crippen molar-refractivity contribution in [2.75, 3.05) is 6.54 Å². The molecule has 110 valence electrons. The minimum absolute atomic E-state index is 0.104. The Morgan fingerprint density at radius 3 is 2.76 bits per heavy atom. The molecule has 3 amide bonds. The van der Waals surface area contributed by atoms with Gasteiger partial charge in [0.1, 0.15) is 5.69 Å². The quantitative estimate of drug-likeness (QED) is 0.842. The molecule has 0 unspecified atom stereocenters. The van der Waals surface area contributed by atoms with Crippen molar-refractivity contribution in [2.24, 2.45) is 0 Å². The number of nitrogens with zero attached hydrogens (tertiary/aromatic N) is 2. The summed E-state index contributed by atoms with van der Waals surface area (Å²) < 4.78 is 0. The summed E-state index contributed by atoms with van der Waals surface area (Å²) in [6.45, 7) is 0.104. The van der Waals surface area contributed by atoms with Crippen molar-refractivity contribution in [3.63, 3.8) is 0 Å². The van der Waals surface area contributed by atoms with E-state index in [9.17, 15) is 14.4 Å². The maximum absolute atomic E-state index is 12.1. The number of amides is 3. The van der Waals surface area contributed by atoms with E-state index < -0.39 is 5.91 Å². The number of carbonyl (C=O) groups is 3. The lowest BCUT2D eigenvalue weighted by Crippen LogP contribution is -2.37. The average Bonchev–Trinajstić information content (AvgIpc) is 3.07. The van der Waals surface area contributed by atoms with Gasteiger partial charge in [-0.05, 0) is 25.0 Å². The van der Waals surface area contributed by atoms with Crippen LogP contribution in [0.1, 0.15) is 53.0 Å². The highest BCUT2D eigenvalue weighted by atomic mass is 16.2. The average molecular weight is 287 g/mol. The highest BCUT2D eigenvalue weighted by molar-refractivity contribution is 6.20. The number of pyridine rings is 1. The number of aromatic nitrogens is 1. The molecule has 0 atom stereocenters. The van der Waals surface area contributed by atoms with Crippen LogP contribution in [0.15, 0.2) is 18.3 Å². The molecular formula is C15H17N3O3. The van der Waals surface area contributed by atoms with E-state index in [1.807, 2.05) is 0 Å². The van der Waals surface area contributed by atoms with Crippen LogP contribution < -0.4 is 5.32 Å².